The lowest BCUT2D eigenvalue weighted by molar-refractivity contribution is 0.312. The van der Waals surface area contributed by atoms with Crippen LogP contribution in [-0.2, 0) is 6.42 Å². The predicted octanol–water partition coefficient (Wildman–Crippen LogP) is 4.97. The highest BCUT2D eigenvalue weighted by molar-refractivity contribution is 6.20. The Morgan fingerprint density at radius 2 is 2.05 bits per heavy atom. The molecule has 19 heavy (non-hydrogen) atoms. The van der Waals surface area contributed by atoms with Crippen LogP contribution in [0, 0.1) is 5.41 Å². The molecule has 1 aliphatic carbocycles. The zero-order valence-electron chi connectivity index (χ0n) is 12.5. The molecule has 0 bridgehead atoms. The highest BCUT2D eigenvalue weighted by Crippen LogP contribution is 2.30. The van der Waals surface area contributed by atoms with Gasteiger partial charge >= 0.3 is 0 Å². The Kier molecular flexibility index (Phi) is 4.94. The molecular formula is C16H27ClN2. The van der Waals surface area contributed by atoms with Gasteiger partial charge in [-0.1, -0.05) is 33.1 Å². The van der Waals surface area contributed by atoms with Crippen molar-refractivity contribution in [3.05, 3.63) is 18.0 Å². The van der Waals surface area contributed by atoms with E-state index in [0.717, 1.165) is 12.8 Å². The number of alkyl halides is 1. The number of hydrogen-bond donors (Lipinski definition) is 0. The molecule has 108 valence electrons. The molecule has 0 spiro atoms. The lowest BCUT2D eigenvalue weighted by Crippen LogP contribution is -2.20. The molecule has 2 rings (SSSR count). The molecule has 0 saturated heterocycles. The Labute approximate surface area is 122 Å². The second-order valence-electron chi connectivity index (χ2n) is 6.90. The first kappa shape index (κ1) is 14.9. The Balaban J connectivity index is 1.96. The smallest absolute Gasteiger partial charge is 0.0630 e. The molecule has 1 fully saturated rings. The van der Waals surface area contributed by atoms with Crippen molar-refractivity contribution in [3.63, 3.8) is 0 Å². The molecule has 1 heterocycles. The average Bonchev–Trinajstić information content (AvgIpc) is 2.76. The molecule has 0 aliphatic heterocycles. The summed E-state index contributed by atoms with van der Waals surface area (Å²) >= 11 is 6.13. The summed E-state index contributed by atoms with van der Waals surface area (Å²) in [5.41, 5.74) is 1.44. The van der Waals surface area contributed by atoms with Crippen molar-refractivity contribution in [2.45, 2.75) is 77.1 Å². The number of hydrogen-bond acceptors (Lipinski definition) is 1. The van der Waals surface area contributed by atoms with E-state index in [0.29, 0.717) is 6.04 Å². The minimum Gasteiger partial charge on any atom is -0.269 e. The SMILES string of the molecule is CC(Cl)CC(C)(C)Cc1ccn(C2CCCCC2)n1. The molecule has 1 aliphatic rings. The van der Waals surface area contributed by atoms with Crippen molar-refractivity contribution in [1.29, 1.82) is 0 Å². The molecular weight excluding hydrogens is 256 g/mol. The van der Waals surface area contributed by atoms with Gasteiger partial charge in [-0.05, 0) is 44.1 Å². The maximum Gasteiger partial charge on any atom is 0.0630 e. The minimum atomic E-state index is 0.229. The monoisotopic (exact) mass is 282 g/mol. The van der Waals surface area contributed by atoms with Crippen LogP contribution >= 0.6 is 11.6 Å². The third-order valence-corrected chi connectivity index (χ3v) is 4.26. The molecule has 0 radical (unpaired) electrons. The first-order valence-electron chi connectivity index (χ1n) is 7.64. The van der Waals surface area contributed by atoms with Crippen molar-refractivity contribution in [3.8, 4) is 0 Å². The maximum absolute atomic E-state index is 6.13. The van der Waals surface area contributed by atoms with Gasteiger partial charge in [0.15, 0.2) is 0 Å². The van der Waals surface area contributed by atoms with E-state index < -0.39 is 0 Å². The van der Waals surface area contributed by atoms with E-state index in [9.17, 15) is 0 Å². The molecule has 1 aromatic rings. The van der Waals surface area contributed by atoms with Crippen LogP contribution in [0.3, 0.4) is 0 Å². The van der Waals surface area contributed by atoms with Crippen LogP contribution in [0.5, 0.6) is 0 Å². The number of halogens is 1. The third-order valence-electron chi connectivity index (χ3n) is 4.11. The van der Waals surface area contributed by atoms with Crippen molar-refractivity contribution in [1.82, 2.24) is 9.78 Å². The molecule has 1 atom stereocenters. The van der Waals surface area contributed by atoms with Crippen LogP contribution in [0.4, 0.5) is 0 Å². The number of nitrogens with zero attached hydrogens (tertiary/aromatic N) is 2. The molecule has 1 aromatic heterocycles. The fourth-order valence-electron chi connectivity index (χ4n) is 3.34. The third kappa shape index (κ3) is 4.52. The summed E-state index contributed by atoms with van der Waals surface area (Å²) in [4.78, 5) is 0. The Morgan fingerprint density at radius 3 is 2.68 bits per heavy atom. The van der Waals surface area contributed by atoms with Gasteiger partial charge < -0.3 is 0 Å². The fraction of sp³-hybridized carbons (Fsp3) is 0.812. The summed E-state index contributed by atoms with van der Waals surface area (Å²) < 4.78 is 2.20. The van der Waals surface area contributed by atoms with Gasteiger partial charge in [0, 0.05) is 11.6 Å². The summed E-state index contributed by atoms with van der Waals surface area (Å²) in [6.07, 6.45) is 10.9. The van der Waals surface area contributed by atoms with E-state index in [4.69, 9.17) is 16.7 Å². The summed E-state index contributed by atoms with van der Waals surface area (Å²) in [6.45, 7) is 6.64. The first-order valence-corrected chi connectivity index (χ1v) is 8.08. The molecule has 0 aromatic carbocycles. The van der Waals surface area contributed by atoms with E-state index >= 15 is 0 Å². The van der Waals surface area contributed by atoms with Crippen LogP contribution in [-0.4, -0.2) is 15.2 Å². The Morgan fingerprint density at radius 1 is 1.37 bits per heavy atom. The van der Waals surface area contributed by atoms with Crippen molar-refractivity contribution in [2.75, 3.05) is 0 Å². The van der Waals surface area contributed by atoms with Crippen LogP contribution in [0.15, 0.2) is 12.3 Å². The van der Waals surface area contributed by atoms with Gasteiger partial charge in [-0.15, -0.1) is 11.6 Å². The normalized spacial score (nSPS) is 19.6. The summed E-state index contributed by atoms with van der Waals surface area (Å²) in [5.74, 6) is 0. The van der Waals surface area contributed by atoms with E-state index in [1.807, 2.05) is 0 Å². The van der Waals surface area contributed by atoms with Gasteiger partial charge in [-0.25, -0.2) is 0 Å². The van der Waals surface area contributed by atoms with Crippen LogP contribution in [0.25, 0.3) is 0 Å². The summed E-state index contributed by atoms with van der Waals surface area (Å²) in [6, 6.07) is 2.83. The molecule has 2 nitrogen and oxygen atoms in total. The topological polar surface area (TPSA) is 17.8 Å². The zero-order chi connectivity index (χ0) is 13.9. The highest BCUT2D eigenvalue weighted by Gasteiger charge is 2.23. The summed E-state index contributed by atoms with van der Waals surface area (Å²) in [7, 11) is 0. The lowest BCUT2D eigenvalue weighted by atomic mass is 9.83. The first-order chi connectivity index (χ1) is 8.96. The maximum atomic E-state index is 6.13. The van der Waals surface area contributed by atoms with Crippen molar-refractivity contribution >= 4 is 11.6 Å². The summed E-state index contributed by atoms with van der Waals surface area (Å²) in [5, 5.41) is 5.03. The van der Waals surface area contributed by atoms with E-state index in [-0.39, 0.29) is 10.8 Å². The van der Waals surface area contributed by atoms with E-state index in [2.05, 4.69) is 37.7 Å². The highest BCUT2D eigenvalue weighted by atomic mass is 35.5. The molecule has 3 heteroatoms. The lowest BCUT2D eigenvalue weighted by Gasteiger charge is -2.25. The van der Waals surface area contributed by atoms with Crippen molar-refractivity contribution in [2.24, 2.45) is 5.41 Å². The van der Waals surface area contributed by atoms with Gasteiger partial charge in [0.05, 0.1) is 11.7 Å². The second kappa shape index (κ2) is 6.30. The van der Waals surface area contributed by atoms with Gasteiger partial charge in [0.25, 0.3) is 0 Å². The largest absolute Gasteiger partial charge is 0.269 e. The van der Waals surface area contributed by atoms with Gasteiger partial charge in [-0.2, -0.15) is 5.10 Å². The zero-order valence-corrected chi connectivity index (χ0v) is 13.3. The van der Waals surface area contributed by atoms with E-state index in [1.54, 1.807) is 0 Å². The van der Waals surface area contributed by atoms with Crippen LogP contribution in [0.2, 0.25) is 0 Å². The van der Waals surface area contributed by atoms with Crippen LogP contribution < -0.4 is 0 Å². The number of aromatic nitrogens is 2. The van der Waals surface area contributed by atoms with Crippen molar-refractivity contribution < 1.29 is 0 Å². The molecule has 0 N–H and O–H groups in total. The van der Waals surface area contributed by atoms with Gasteiger partial charge in [0.1, 0.15) is 0 Å². The quantitative estimate of drug-likeness (QED) is 0.697. The minimum absolute atomic E-state index is 0.229. The van der Waals surface area contributed by atoms with E-state index in [1.165, 1.54) is 37.8 Å². The predicted molar refractivity (Wildman–Crippen MR) is 81.8 cm³/mol. The molecule has 0 amide bonds. The standard InChI is InChI=1S/C16H27ClN2/c1-13(17)11-16(2,3)12-14-9-10-19(18-14)15-7-5-4-6-8-15/h9-10,13,15H,4-8,11-12H2,1-3H3. The Bertz CT molecular complexity index is 389. The average molecular weight is 283 g/mol. The number of rotatable bonds is 5. The fourth-order valence-corrected chi connectivity index (χ4v) is 3.76. The van der Waals surface area contributed by atoms with Gasteiger partial charge in [0.2, 0.25) is 0 Å². The molecule has 1 saturated carbocycles. The Hall–Kier alpha value is -0.500. The van der Waals surface area contributed by atoms with Gasteiger partial charge in [-0.3, -0.25) is 4.68 Å². The second-order valence-corrected chi connectivity index (χ2v) is 7.65. The van der Waals surface area contributed by atoms with Crippen LogP contribution in [0.1, 0.15) is 71.0 Å². The molecule has 1 unspecified atom stereocenters.